The molecule has 1 heterocycles. The van der Waals surface area contributed by atoms with E-state index in [9.17, 15) is 14.4 Å². The summed E-state index contributed by atoms with van der Waals surface area (Å²) in [4.78, 5) is 39.9. The van der Waals surface area contributed by atoms with Crippen LogP contribution in [0.5, 0.6) is 0 Å². The van der Waals surface area contributed by atoms with E-state index in [1.54, 1.807) is 0 Å². The Labute approximate surface area is 238 Å². The zero-order chi connectivity index (χ0) is 28.3. The van der Waals surface area contributed by atoms with Crippen LogP contribution in [0.3, 0.4) is 0 Å². The third kappa shape index (κ3) is 6.64. The van der Waals surface area contributed by atoms with E-state index in [0.29, 0.717) is 12.0 Å². The Kier molecular flexibility index (Phi) is 8.37. The van der Waals surface area contributed by atoms with Gasteiger partial charge in [0.1, 0.15) is 10.9 Å². The lowest BCUT2D eigenvalue weighted by atomic mass is 9.80. The molecule has 1 saturated heterocycles. The standard InChI is InChI=1S/C31H30N2O4S2/c1-20-5-9-24(10-6-20)33(25-11-7-21(2)8-12-25)26-13-15-31(4,16-14-26)18-23(22(3)34)17-27-29(37)32(19-28(35)36)30(38)39-27/h5-15,17-18H,16,19H2,1-4H3,(H,35,36)/b23-18+,27-17+. The maximum Gasteiger partial charge on any atom is 0.323 e. The summed E-state index contributed by atoms with van der Waals surface area (Å²) in [6, 6.07) is 16.8. The lowest BCUT2D eigenvalue weighted by Gasteiger charge is -2.32. The van der Waals surface area contributed by atoms with Gasteiger partial charge >= 0.3 is 5.97 Å². The van der Waals surface area contributed by atoms with Crippen LogP contribution in [0.25, 0.3) is 0 Å². The van der Waals surface area contributed by atoms with Gasteiger partial charge in [0.05, 0.1) is 4.91 Å². The number of nitrogens with zero attached hydrogens (tertiary/aromatic N) is 2. The Morgan fingerprint density at radius 3 is 2.10 bits per heavy atom. The fraction of sp³-hybridized carbons (Fsp3) is 0.226. The molecule has 1 N–H and O–H groups in total. The highest BCUT2D eigenvalue weighted by atomic mass is 32.2. The monoisotopic (exact) mass is 558 g/mol. The van der Waals surface area contributed by atoms with Gasteiger partial charge in [0, 0.05) is 28.1 Å². The normalized spacial score (nSPS) is 20.4. The van der Waals surface area contributed by atoms with Gasteiger partial charge in [-0.05, 0) is 63.6 Å². The first-order valence-electron chi connectivity index (χ1n) is 12.5. The van der Waals surface area contributed by atoms with Crippen molar-refractivity contribution >= 4 is 57.3 Å². The molecule has 0 bridgehead atoms. The second-order valence-electron chi connectivity index (χ2n) is 10.00. The van der Waals surface area contributed by atoms with Crippen molar-refractivity contribution in [3.63, 3.8) is 0 Å². The van der Waals surface area contributed by atoms with Gasteiger partial charge in [-0.1, -0.05) is 84.5 Å². The number of carboxylic acids is 1. The maximum absolute atomic E-state index is 12.7. The van der Waals surface area contributed by atoms with E-state index in [-0.39, 0.29) is 15.0 Å². The van der Waals surface area contributed by atoms with E-state index in [0.717, 1.165) is 33.7 Å². The van der Waals surface area contributed by atoms with Crippen LogP contribution in [0.1, 0.15) is 31.4 Å². The van der Waals surface area contributed by atoms with Crippen molar-refractivity contribution in [2.24, 2.45) is 5.41 Å². The largest absolute Gasteiger partial charge is 0.480 e. The van der Waals surface area contributed by atoms with Gasteiger partial charge in [-0.2, -0.15) is 0 Å². The molecule has 0 aromatic heterocycles. The molecule has 6 nitrogen and oxygen atoms in total. The summed E-state index contributed by atoms with van der Waals surface area (Å²) < 4.78 is 0.167. The topological polar surface area (TPSA) is 77.9 Å². The van der Waals surface area contributed by atoms with E-state index >= 15 is 0 Å². The minimum atomic E-state index is -1.15. The summed E-state index contributed by atoms with van der Waals surface area (Å²) in [5, 5.41) is 9.08. The van der Waals surface area contributed by atoms with E-state index in [1.165, 1.54) is 24.1 Å². The van der Waals surface area contributed by atoms with Crippen LogP contribution < -0.4 is 4.90 Å². The number of aryl methyl sites for hydroxylation is 2. The number of benzene rings is 2. The van der Waals surface area contributed by atoms with Gasteiger partial charge < -0.3 is 10.0 Å². The predicted octanol–water partition coefficient (Wildman–Crippen LogP) is 6.64. The number of carboxylic acid groups (broad SMARTS) is 1. The first kappa shape index (κ1) is 28.3. The molecule has 0 spiro atoms. The zero-order valence-electron chi connectivity index (χ0n) is 22.3. The third-order valence-corrected chi connectivity index (χ3v) is 7.95. The van der Waals surface area contributed by atoms with Gasteiger partial charge in [0.2, 0.25) is 0 Å². The second kappa shape index (κ2) is 11.6. The Bertz CT molecular complexity index is 1410. The molecular formula is C31H30N2O4S2. The SMILES string of the molecule is CC(=O)C(=C/C1(C)C=CC(N(c2ccc(C)cc2)c2ccc(C)cc2)=CC1)/C=C1/SC(=S)N(CC(=O)O)C1=O. The predicted molar refractivity (Wildman–Crippen MR) is 161 cm³/mol. The van der Waals surface area contributed by atoms with Gasteiger partial charge in [-0.3, -0.25) is 19.3 Å². The second-order valence-corrected chi connectivity index (χ2v) is 11.7. The Morgan fingerprint density at radius 1 is 1.08 bits per heavy atom. The number of aliphatic carboxylic acids is 1. The molecule has 200 valence electrons. The fourth-order valence-corrected chi connectivity index (χ4v) is 5.60. The number of Topliss-reactive ketones (excluding diaryl/α,β-unsaturated/α-hetero) is 1. The van der Waals surface area contributed by atoms with Crippen LogP contribution in [0, 0.1) is 19.3 Å². The van der Waals surface area contributed by atoms with Crippen LogP contribution in [-0.4, -0.2) is 38.5 Å². The number of anilines is 2. The van der Waals surface area contributed by atoms with Crippen molar-refractivity contribution in [1.29, 1.82) is 0 Å². The fourth-order valence-electron chi connectivity index (χ4n) is 4.36. The van der Waals surface area contributed by atoms with E-state index in [4.69, 9.17) is 17.3 Å². The molecule has 1 aliphatic carbocycles. The molecule has 8 heteroatoms. The van der Waals surface area contributed by atoms with Gasteiger partial charge in [0.15, 0.2) is 5.78 Å². The van der Waals surface area contributed by atoms with Crippen molar-refractivity contribution in [1.82, 2.24) is 4.90 Å². The first-order chi connectivity index (χ1) is 18.5. The molecular weight excluding hydrogens is 528 g/mol. The van der Waals surface area contributed by atoms with E-state index in [1.807, 2.05) is 13.0 Å². The summed E-state index contributed by atoms with van der Waals surface area (Å²) in [5.74, 6) is -1.84. The molecule has 1 unspecified atom stereocenters. The lowest BCUT2D eigenvalue weighted by Crippen LogP contribution is -2.33. The van der Waals surface area contributed by atoms with Gasteiger partial charge in [-0.25, -0.2) is 0 Å². The van der Waals surface area contributed by atoms with E-state index in [2.05, 4.69) is 85.5 Å². The van der Waals surface area contributed by atoms with Crippen molar-refractivity contribution in [3.8, 4) is 0 Å². The Morgan fingerprint density at radius 2 is 1.64 bits per heavy atom. The quantitative estimate of drug-likeness (QED) is 0.288. The molecule has 1 amide bonds. The number of hydrogen-bond donors (Lipinski definition) is 1. The zero-order valence-corrected chi connectivity index (χ0v) is 23.9. The number of carbonyl (C=O) groups excluding carboxylic acids is 2. The minimum absolute atomic E-state index is 0.167. The van der Waals surface area contributed by atoms with Gasteiger partial charge in [-0.15, -0.1) is 0 Å². The first-order valence-corrected chi connectivity index (χ1v) is 13.7. The molecule has 1 aliphatic heterocycles. The minimum Gasteiger partial charge on any atom is -0.480 e. The summed E-state index contributed by atoms with van der Waals surface area (Å²) in [5.41, 5.74) is 5.40. The molecule has 1 fully saturated rings. The van der Waals surface area contributed by atoms with Crippen LogP contribution in [0.15, 0.2) is 95.1 Å². The average molecular weight is 559 g/mol. The van der Waals surface area contributed by atoms with Crippen LogP contribution in [0.2, 0.25) is 0 Å². The number of allylic oxidation sites excluding steroid dienone is 6. The van der Waals surface area contributed by atoms with Crippen LogP contribution in [0.4, 0.5) is 11.4 Å². The Balaban J connectivity index is 1.63. The van der Waals surface area contributed by atoms with Crippen LogP contribution >= 0.6 is 24.0 Å². The average Bonchev–Trinajstić information content (AvgIpc) is 3.14. The summed E-state index contributed by atoms with van der Waals surface area (Å²) in [6.07, 6.45) is 10.3. The molecule has 2 aromatic carbocycles. The highest BCUT2D eigenvalue weighted by Gasteiger charge is 2.34. The maximum atomic E-state index is 12.7. The number of thiocarbonyl (C=S) groups is 1. The number of ketones is 1. The molecule has 1 atom stereocenters. The highest BCUT2D eigenvalue weighted by molar-refractivity contribution is 8.26. The summed E-state index contributed by atoms with van der Waals surface area (Å²) in [7, 11) is 0. The number of hydrogen-bond acceptors (Lipinski definition) is 6. The number of thioether (sulfide) groups is 1. The molecule has 0 saturated carbocycles. The van der Waals surface area contributed by atoms with Crippen molar-refractivity contribution in [2.45, 2.75) is 34.1 Å². The smallest absolute Gasteiger partial charge is 0.323 e. The summed E-state index contributed by atoms with van der Waals surface area (Å²) in [6.45, 7) is 7.11. The number of amides is 1. The lowest BCUT2D eigenvalue weighted by molar-refractivity contribution is -0.140. The van der Waals surface area contributed by atoms with Crippen molar-refractivity contribution in [2.75, 3.05) is 11.4 Å². The van der Waals surface area contributed by atoms with Crippen molar-refractivity contribution in [3.05, 3.63) is 106 Å². The number of rotatable bonds is 8. The highest BCUT2D eigenvalue weighted by Crippen LogP contribution is 2.39. The molecule has 4 rings (SSSR count). The van der Waals surface area contributed by atoms with Crippen LogP contribution in [-0.2, 0) is 14.4 Å². The number of carbonyl (C=O) groups is 3. The molecule has 2 aliphatic rings. The third-order valence-electron chi connectivity index (χ3n) is 6.57. The molecule has 39 heavy (non-hydrogen) atoms. The van der Waals surface area contributed by atoms with Gasteiger partial charge in [0.25, 0.3) is 5.91 Å². The molecule has 0 radical (unpaired) electrons. The summed E-state index contributed by atoms with van der Waals surface area (Å²) >= 11 is 6.19. The van der Waals surface area contributed by atoms with E-state index < -0.39 is 23.8 Å². The van der Waals surface area contributed by atoms with Crippen molar-refractivity contribution < 1.29 is 19.5 Å². The molecule has 2 aromatic rings. The Hall–Kier alpha value is -3.75.